The largest absolute Gasteiger partial charge is 0.454 e. The fraction of sp³-hybridized carbons (Fsp3) is 0.351. The summed E-state index contributed by atoms with van der Waals surface area (Å²) in [6.07, 6.45) is -1.69. The molecule has 0 spiro atoms. The van der Waals surface area contributed by atoms with Crippen molar-refractivity contribution in [3.05, 3.63) is 71.4 Å². The molecule has 0 saturated heterocycles. The van der Waals surface area contributed by atoms with E-state index in [1.54, 1.807) is 75.5 Å². The predicted octanol–water partition coefficient (Wildman–Crippen LogP) is 11.7. The highest BCUT2D eigenvalue weighted by molar-refractivity contribution is 7.13. The standard InChI is InChI=1S/C18H22N2O4S.C15H18N2O2S.C3H5ClO2.CH4/c1-5-23-16(21)20-14-11-12(15-7-6-10-25-15)8-9-13(14)19-17(22)24-18(2,3)4;1-15(2,3)19-14(18)17-12-7-6-10(9-11(12)16)13-5-4-8-20-13;1-2-6-3(4)5;/h6-11H,5H2,1-4H3,(H,19,22)(H,20,21);4-9H,16H2,1-3H3,(H,17,18);2H2,1H3;1H4. The number of halogens is 1. The van der Waals surface area contributed by atoms with E-state index in [1.165, 1.54) is 0 Å². The van der Waals surface area contributed by atoms with E-state index in [0.29, 0.717) is 29.4 Å². The zero-order valence-corrected chi connectivity index (χ0v) is 32.3. The summed E-state index contributed by atoms with van der Waals surface area (Å²) in [4.78, 5) is 47.3. The molecule has 0 saturated carbocycles. The number of nitrogens with one attached hydrogen (secondary N) is 3. The van der Waals surface area contributed by atoms with Crippen LogP contribution in [0.25, 0.3) is 20.9 Å². The number of rotatable bonds is 7. The summed E-state index contributed by atoms with van der Waals surface area (Å²) in [6, 6.07) is 18.9. The number of hydrogen-bond donors (Lipinski definition) is 4. The molecule has 284 valence electrons. The van der Waals surface area contributed by atoms with Crippen LogP contribution in [0.15, 0.2) is 71.4 Å². The minimum Gasteiger partial charge on any atom is -0.454 e. The molecule has 4 aromatic rings. The number of hydrogen-bond acceptors (Lipinski definition) is 11. The fourth-order valence-corrected chi connectivity index (χ4v) is 5.40. The molecule has 2 heterocycles. The lowest BCUT2D eigenvalue weighted by molar-refractivity contribution is 0.0624. The number of amides is 3. The Labute approximate surface area is 318 Å². The van der Waals surface area contributed by atoms with Gasteiger partial charge in [-0.3, -0.25) is 16.0 Å². The van der Waals surface area contributed by atoms with Crippen LogP contribution in [0.4, 0.5) is 41.9 Å². The van der Waals surface area contributed by atoms with Crippen molar-refractivity contribution in [3.63, 3.8) is 0 Å². The molecule has 15 heteroatoms. The second-order valence-corrected chi connectivity index (χ2v) is 14.5. The van der Waals surface area contributed by atoms with Gasteiger partial charge in [0.25, 0.3) is 0 Å². The van der Waals surface area contributed by atoms with E-state index in [0.717, 1.165) is 20.9 Å². The van der Waals surface area contributed by atoms with Crippen LogP contribution in [-0.4, -0.2) is 48.1 Å². The molecular formula is C37H49ClN4O8S2. The van der Waals surface area contributed by atoms with Crippen LogP contribution >= 0.6 is 34.3 Å². The molecule has 0 radical (unpaired) electrons. The van der Waals surface area contributed by atoms with E-state index in [2.05, 4.69) is 20.7 Å². The summed E-state index contributed by atoms with van der Waals surface area (Å²) in [6.45, 7) is 14.8. The van der Waals surface area contributed by atoms with E-state index in [9.17, 15) is 19.2 Å². The highest BCUT2D eigenvalue weighted by Crippen LogP contribution is 2.32. The van der Waals surface area contributed by atoms with Crippen molar-refractivity contribution in [2.75, 3.05) is 34.9 Å². The molecular weight excluding hydrogens is 728 g/mol. The number of nitrogen functional groups attached to an aromatic ring is 1. The first-order valence-electron chi connectivity index (χ1n) is 15.8. The SMILES string of the molecule is C.CC(C)(C)OC(=O)Nc1ccc(-c2cccs2)cc1N.CCOC(=O)Cl.CCOC(=O)Nc1cc(-c2cccs2)ccc1NC(=O)OC(C)(C)C. The van der Waals surface area contributed by atoms with E-state index in [4.69, 9.17) is 31.5 Å². The Balaban J connectivity index is 0.000000449. The first kappa shape index (κ1) is 45.2. The maximum absolute atomic E-state index is 12.0. The third-order valence-corrected chi connectivity index (χ3v) is 7.67. The molecule has 0 unspecified atom stereocenters. The number of carbonyl (C=O) groups is 4. The molecule has 0 bridgehead atoms. The molecule has 0 aliphatic carbocycles. The molecule has 0 aliphatic rings. The highest BCUT2D eigenvalue weighted by atomic mass is 35.5. The number of thiophene rings is 2. The van der Waals surface area contributed by atoms with Gasteiger partial charge in [-0.2, -0.15) is 0 Å². The van der Waals surface area contributed by atoms with Crippen LogP contribution in [0.1, 0.15) is 62.8 Å². The number of anilines is 4. The van der Waals surface area contributed by atoms with Crippen molar-refractivity contribution in [3.8, 4) is 20.9 Å². The molecule has 3 amide bonds. The van der Waals surface area contributed by atoms with Gasteiger partial charge in [0.2, 0.25) is 0 Å². The average molecular weight is 777 g/mol. The normalized spacial score (nSPS) is 10.4. The van der Waals surface area contributed by atoms with Crippen LogP contribution in [-0.2, 0) is 18.9 Å². The van der Waals surface area contributed by atoms with Gasteiger partial charge in [0.05, 0.1) is 36.0 Å². The smallest absolute Gasteiger partial charge is 0.412 e. The second-order valence-electron chi connectivity index (χ2n) is 12.3. The predicted molar refractivity (Wildman–Crippen MR) is 214 cm³/mol. The summed E-state index contributed by atoms with van der Waals surface area (Å²) in [5.41, 5.74) is 7.99. The van der Waals surface area contributed by atoms with Gasteiger partial charge in [0, 0.05) is 21.4 Å². The summed E-state index contributed by atoms with van der Waals surface area (Å²) in [5, 5.41) is 12.0. The van der Waals surface area contributed by atoms with Gasteiger partial charge < -0.3 is 24.7 Å². The zero-order valence-electron chi connectivity index (χ0n) is 29.9. The summed E-state index contributed by atoms with van der Waals surface area (Å²) < 4.78 is 19.5. The summed E-state index contributed by atoms with van der Waals surface area (Å²) in [7, 11) is 0. The van der Waals surface area contributed by atoms with Crippen LogP contribution in [0.5, 0.6) is 0 Å². The second kappa shape index (κ2) is 21.5. The Bertz CT molecular complexity index is 1720. The van der Waals surface area contributed by atoms with E-state index >= 15 is 0 Å². The molecule has 4 rings (SSSR count). The third kappa shape index (κ3) is 17.4. The number of carbonyl (C=O) groups excluding carboxylic acids is 4. The average Bonchev–Trinajstić information content (AvgIpc) is 3.74. The van der Waals surface area contributed by atoms with Crippen molar-refractivity contribution in [1.29, 1.82) is 0 Å². The van der Waals surface area contributed by atoms with Crippen LogP contribution in [0.2, 0.25) is 0 Å². The molecule has 12 nitrogen and oxygen atoms in total. The quantitative estimate of drug-likeness (QED) is 0.0811. The molecule has 2 aromatic carbocycles. The molecule has 2 aromatic heterocycles. The van der Waals surface area contributed by atoms with Crippen molar-refractivity contribution in [2.24, 2.45) is 0 Å². The van der Waals surface area contributed by atoms with Crippen LogP contribution < -0.4 is 21.7 Å². The fourth-order valence-electron chi connectivity index (χ4n) is 3.84. The van der Waals surface area contributed by atoms with Gasteiger partial charge in [-0.05, 0) is 114 Å². The molecule has 0 atom stereocenters. The maximum Gasteiger partial charge on any atom is 0.412 e. The first-order valence-corrected chi connectivity index (χ1v) is 17.9. The van der Waals surface area contributed by atoms with Crippen LogP contribution in [0.3, 0.4) is 0 Å². The van der Waals surface area contributed by atoms with Gasteiger partial charge in [0.15, 0.2) is 0 Å². The molecule has 52 heavy (non-hydrogen) atoms. The Morgan fingerprint density at radius 1 is 0.654 bits per heavy atom. The molecule has 0 fully saturated rings. The summed E-state index contributed by atoms with van der Waals surface area (Å²) >= 11 is 7.95. The summed E-state index contributed by atoms with van der Waals surface area (Å²) in [5.74, 6) is 0. The van der Waals surface area contributed by atoms with Gasteiger partial charge >= 0.3 is 23.7 Å². The lowest BCUT2D eigenvalue weighted by Crippen LogP contribution is -2.27. The Hall–Kier alpha value is -4.79. The zero-order chi connectivity index (χ0) is 38.2. The van der Waals surface area contributed by atoms with E-state index in [1.807, 2.05) is 74.0 Å². The van der Waals surface area contributed by atoms with Gasteiger partial charge in [0.1, 0.15) is 11.2 Å². The van der Waals surface area contributed by atoms with Crippen molar-refractivity contribution in [1.82, 2.24) is 0 Å². The van der Waals surface area contributed by atoms with Gasteiger partial charge in [-0.1, -0.05) is 31.7 Å². The highest BCUT2D eigenvalue weighted by Gasteiger charge is 2.19. The Morgan fingerprint density at radius 2 is 1.10 bits per heavy atom. The van der Waals surface area contributed by atoms with Crippen LogP contribution in [0, 0.1) is 0 Å². The number of benzene rings is 2. The first-order chi connectivity index (χ1) is 23.9. The minimum absolute atomic E-state index is 0. The number of ether oxygens (including phenoxy) is 4. The Kier molecular flexibility index (Phi) is 18.7. The van der Waals surface area contributed by atoms with Crippen molar-refractivity contribution in [2.45, 2.75) is 74.0 Å². The Morgan fingerprint density at radius 3 is 1.48 bits per heavy atom. The third-order valence-electron chi connectivity index (χ3n) is 5.72. The topological polar surface area (TPSA) is 167 Å². The minimum atomic E-state index is -0.738. The van der Waals surface area contributed by atoms with Gasteiger partial charge in [-0.15, -0.1) is 22.7 Å². The lowest BCUT2D eigenvalue weighted by atomic mass is 10.1. The maximum atomic E-state index is 12.0. The number of nitrogens with two attached hydrogens (primary N) is 1. The monoisotopic (exact) mass is 776 g/mol. The van der Waals surface area contributed by atoms with Gasteiger partial charge in [-0.25, -0.2) is 19.2 Å². The lowest BCUT2D eigenvalue weighted by Gasteiger charge is -2.20. The molecule has 5 N–H and O–H groups in total. The van der Waals surface area contributed by atoms with E-state index < -0.39 is 34.9 Å². The van der Waals surface area contributed by atoms with Crippen molar-refractivity contribution < 1.29 is 38.1 Å². The molecule has 0 aliphatic heterocycles. The van der Waals surface area contributed by atoms with Crippen molar-refractivity contribution >= 4 is 80.7 Å². The van der Waals surface area contributed by atoms with E-state index in [-0.39, 0.29) is 14.0 Å².